The molecule has 0 N–H and O–H groups in total. The van der Waals surface area contributed by atoms with Gasteiger partial charge >= 0.3 is 0 Å². The summed E-state index contributed by atoms with van der Waals surface area (Å²) in [4.78, 5) is 7.34. The van der Waals surface area contributed by atoms with E-state index in [1.54, 1.807) is 7.11 Å². The van der Waals surface area contributed by atoms with Crippen molar-refractivity contribution in [3.05, 3.63) is 77.4 Å². The SMILES string of the molecule is COc1ccccc1Oc1ccc(N=Cc2cc3c(cc2C)N(C(C)C)C(C)(C)C[C@H]3C)cc1. The molecule has 0 amide bonds. The predicted molar refractivity (Wildman–Crippen MR) is 143 cm³/mol. The van der Waals surface area contributed by atoms with Crippen molar-refractivity contribution in [2.24, 2.45) is 4.99 Å². The molecule has 4 rings (SSSR count). The zero-order valence-corrected chi connectivity index (χ0v) is 21.4. The number of para-hydroxylation sites is 2. The molecule has 34 heavy (non-hydrogen) atoms. The van der Waals surface area contributed by atoms with Gasteiger partial charge in [-0.15, -0.1) is 0 Å². The lowest BCUT2D eigenvalue weighted by Crippen LogP contribution is -2.51. The molecule has 0 fully saturated rings. The van der Waals surface area contributed by atoms with Gasteiger partial charge in [0.05, 0.1) is 12.8 Å². The number of nitrogens with zero attached hydrogens (tertiary/aromatic N) is 2. The summed E-state index contributed by atoms with van der Waals surface area (Å²) in [5, 5.41) is 0. The molecule has 0 aliphatic carbocycles. The molecule has 4 heteroatoms. The van der Waals surface area contributed by atoms with E-state index in [1.807, 2.05) is 54.7 Å². The monoisotopic (exact) mass is 456 g/mol. The third-order valence-electron chi connectivity index (χ3n) is 6.67. The minimum atomic E-state index is 0.149. The van der Waals surface area contributed by atoms with Crippen LogP contribution in [-0.2, 0) is 0 Å². The standard InChI is InChI=1S/C30H36N2O2/c1-20(2)32-27-16-21(3)23(17-26(27)22(4)18-30(32,5)6)19-31-24-12-14-25(15-13-24)34-29-11-9-8-10-28(29)33-7/h8-17,19-20,22H,18H2,1-7H3/t22-/m1/s1. The molecule has 0 radical (unpaired) electrons. The smallest absolute Gasteiger partial charge is 0.169 e. The highest BCUT2D eigenvalue weighted by Gasteiger charge is 2.37. The lowest BCUT2D eigenvalue weighted by atomic mass is 9.78. The first-order valence-electron chi connectivity index (χ1n) is 12.1. The zero-order chi connectivity index (χ0) is 24.5. The molecule has 0 saturated carbocycles. The van der Waals surface area contributed by atoms with Crippen LogP contribution in [0.3, 0.4) is 0 Å². The van der Waals surface area contributed by atoms with Gasteiger partial charge in [-0.25, -0.2) is 0 Å². The summed E-state index contributed by atoms with van der Waals surface area (Å²) in [6, 6.07) is 20.6. The Bertz CT molecular complexity index is 1180. The van der Waals surface area contributed by atoms with Gasteiger partial charge in [-0.05, 0) is 112 Å². The fraction of sp³-hybridized carbons (Fsp3) is 0.367. The van der Waals surface area contributed by atoms with Crippen LogP contribution in [0.5, 0.6) is 17.2 Å². The maximum Gasteiger partial charge on any atom is 0.169 e. The lowest BCUT2D eigenvalue weighted by molar-refractivity contribution is 0.356. The molecule has 0 saturated heterocycles. The minimum Gasteiger partial charge on any atom is -0.493 e. The van der Waals surface area contributed by atoms with E-state index in [4.69, 9.17) is 14.5 Å². The molecule has 3 aromatic rings. The van der Waals surface area contributed by atoms with E-state index >= 15 is 0 Å². The van der Waals surface area contributed by atoms with Crippen molar-refractivity contribution < 1.29 is 9.47 Å². The number of aliphatic imine (C=N–C) groups is 1. The number of methoxy groups -OCH3 is 1. The Labute approximate surface area is 204 Å². The first-order chi connectivity index (χ1) is 16.2. The van der Waals surface area contributed by atoms with Crippen LogP contribution in [0.1, 0.15) is 63.6 Å². The van der Waals surface area contributed by atoms with Gasteiger partial charge in [-0.1, -0.05) is 19.1 Å². The van der Waals surface area contributed by atoms with Crippen LogP contribution in [0.25, 0.3) is 0 Å². The van der Waals surface area contributed by atoms with Gasteiger partial charge in [0.2, 0.25) is 0 Å². The molecular weight excluding hydrogens is 420 g/mol. The Hall–Kier alpha value is -3.27. The third-order valence-corrected chi connectivity index (χ3v) is 6.67. The van der Waals surface area contributed by atoms with E-state index in [0.29, 0.717) is 23.5 Å². The van der Waals surface area contributed by atoms with Crippen LogP contribution in [0.4, 0.5) is 11.4 Å². The highest BCUT2D eigenvalue weighted by Crippen LogP contribution is 2.45. The van der Waals surface area contributed by atoms with Gasteiger partial charge in [0.15, 0.2) is 11.5 Å². The summed E-state index contributed by atoms with van der Waals surface area (Å²) in [5.41, 5.74) is 6.24. The average molecular weight is 457 g/mol. The fourth-order valence-electron chi connectivity index (χ4n) is 5.30. The topological polar surface area (TPSA) is 34.1 Å². The number of hydrogen-bond donors (Lipinski definition) is 0. The Morgan fingerprint density at radius 3 is 2.35 bits per heavy atom. The summed E-state index contributed by atoms with van der Waals surface area (Å²) >= 11 is 0. The molecule has 0 spiro atoms. The van der Waals surface area contributed by atoms with Crippen molar-refractivity contribution in [3.63, 3.8) is 0 Å². The fourth-order valence-corrected chi connectivity index (χ4v) is 5.30. The van der Waals surface area contributed by atoms with Crippen LogP contribution < -0.4 is 14.4 Å². The third kappa shape index (κ3) is 4.82. The number of anilines is 1. The summed E-state index contributed by atoms with van der Waals surface area (Å²) < 4.78 is 11.3. The molecular formula is C30H36N2O2. The van der Waals surface area contributed by atoms with Crippen LogP contribution in [0.2, 0.25) is 0 Å². The van der Waals surface area contributed by atoms with E-state index in [-0.39, 0.29) is 5.54 Å². The first kappa shape index (κ1) is 23.9. The van der Waals surface area contributed by atoms with Gasteiger partial charge in [-0.3, -0.25) is 4.99 Å². The van der Waals surface area contributed by atoms with Crippen molar-refractivity contribution in [1.29, 1.82) is 0 Å². The average Bonchev–Trinajstić information content (AvgIpc) is 2.78. The second kappa shape index (κ2) is 9.54. The second-order valence-corrected chi connectivity index (χ2v) is 10.2. The Morgan fingerprint density at radius 1 is 1.03 bits per heavy atom. The maximum absolute atomic E-state index is 5.98. The molecule has 3 aromatic carbocycles. The minimum absolute atomic E-state index is 0.149. The van der Waals surface area contributed by atoms with Crippen LogP contribution in [0, 0.1) is 6.92 Å². The van der Waals surface area contributed by atoms with Gasteiger partial charge in [0, 0.05) is 23.5 Å². The summed E-state index contributed by atoms with van der Waals surface area (Å²) in [6.07, 6.45) is 3.13. The van der Waals surface area contributed by atoms with Crippen molar-refractivity contribution >= 4 is 17.6 Å². The summed E-state index contributed by atoms with van der Waals surface area (Å²) in [6.45, 7) is 13.8. The van der Waals surface area contributed by atoms with Gasteiger partial charge in [0.1, 0.15) is 5.75 Å². The molecule has 0 unspecified atom stereocenters. The van der Waals surface area contributed by atoms with Crippen molar-refractivity contribution in [2.45, 2.75) is 65.5 Å². The molecule has 1 heterocycles. The van der Waals surface area contributed by atoms with E-state index in [9.17, 15) is 0 Å². The highest BCUT2D eigenvalue weighted by atomic mass is 16.5. The van der Waals surface area contributed by atoms with Crippen molar-refractivity contribution in [1.82, 2.24) is 0 Å². The van der Waals surface area contributed by atoms with Crippen LogP contribution in [-0.4, -0.2) is 24.9 Å². The molecule has 1 aliphatic rings. The van der Waals surface area contributed by atoms with Crippen molar-refractivity contribution in [3.8, 4) is 17.2 Å². The van der Waals surface area contributed by atoms with Gasteiger partial charge in [0.25, 0.3) is 0 Å². The number of ether oxygens (including phenoxy) is 2. The van der Waals surface area contributed by atoms with Crippen LogP contribution in [0.15, 0.2) is 65.7 Å². The number of hydrogen-bond acceptors (Lipinski definition) is 4. The lowest BCUT2D eigenvalue weighted by Gasteiger charge is -2.50. The second-order valence-electron chi connectivity index (χ2n) is 10.2. The Kier molecular flexibility index (Phi) is 6.70. The van der Waals surface area contributed by atoms with Gasteiger partial charge in [-0.2, -0.15) is 0 Å². The molecule has 178 valence electrons. The van der Waals surface area contributed by atoms with Gasteiger partial charge < -0.3 is 14.4 Å². The summed E-state index contributed by atoms with van der Waals surface area (Å²) in [5.74, 6) is 2.66. The van der Waals surface area contributed by atoms with Crippen molar-refractivity contribution in [2.75, 3.05) is 12.0 Å². The van der Waals surface area contributed by atoms with E-state index in [0.717, 1.165) is 17.9 Å². The molecule has 0 aromatic heterocycles. The maximum atomic E-state index is 5.98. The quantitative estimate of drug-likeness (QED) is 0.352. The highest BCUT2D eigenvalue weighted by molar-refractivity contribution is 5.86. The number of aryl methyl sites for hydroxylation is 1. The normalized spacial score (nSPS) is 17.2. The van der Waals surface area contributed by atoms with E-state index in [2.05, 4.69) is 58.6 Å². The summed E-state index contributed by atoms with van der Waals surface area (Å²) in [7, 11) is 1.64. The van der Waals surface area contributed by atoms with E-state index < -0.39 is 0 Å². The molecule has 4 nitrogen and oxygen atoms in total. The number of benzene rings is 3. The molecule has 1 aliphatic heterocycles. The largest absolute Gasteiger partial charge is 0.493 e. The molecule has 0 bridgehead atoms. The Morgan fingerprint density at radius 2 is 1.71 bits per heavy atom. The van der Waals surface area contributed by atoms with E-state index in [1.165, 1.54) is 22.4 Å². The van der Waals surface area contributed by atoms with Crippen LogP contribution >= 0.6 is 0 Å². The predicted octanol–water partition coefficient (Wildman–Crippen LogP) is 8.05. The molecule has 1 atom stereocenters. The Balaban J connectivity index is 1.56. The first-order valence-corrected chi connectivity index (χ1v) is 12.1. The number of fused-ring (bicyclic) bond motifs is 1. The zero-order valence-electron chi connectivity index (χ0n) is 21.4. The number of rotatable bonds is 6.